The molecule has 78 valence electrons. The Labute approximate surface area is 81.7 Å². The van der Waals surface area contributed by atoms with E-state index in [9.17, 15) is 0 Å². The van der Waals surface area contributed by atoms with Crippen molar-refractivity contribution in [1.82, 2.24) is 5.32 Å². The zero-order valence-electron chi connectivity index (χ0n) is 9.14. The van der Waals surface area contributed by atoms with Crippen LogP contribution in [0.1, 0.15) is 46.5 Å². The molecule has 1 aliphatic rings. The predicted molar refractivity (Wildman–Crippen MR) is 55.4 cm³/mol. The molecule has 0 spiro atoms. The zero-order chi connectivity index (χ0) is 9.90. The van der Waals surface area contributed by atoms with E-state index >= 15 is 0 Å². The highest BCUT2D eigenvalue weighted by molar-refractivity contribution is 4.93. The van der Waals surface area contributed by atoms with Crippen LogP contribution in [-0.4, -0.2) is 17.4 Å². The van der Waals surface area contributed by atoms with E-state index in [4.69, 9.17) is 5.11 Å². The first-order chi connectivity index (χ1) is 6.10. The molecule has 0 saturated heterocycles. The minimum absolute atomic E-state index is 0.111. The van der Waals surface area contributed by atoms with Crippen molar-refractivity contribution in [3.8, 4) is 0 Å². The van der Waals surface area contributed by atoms with Crippen molar-refractivity contribution < 1.29 is 5.11 Å². The molecule has 0 aliphatic heterocycles. The second-order valence-electron chi connectivity index (χ2n) is 4.85. The van der Waals surface area contributed by atoms with Crippen molar-refractivity contribution in [2.75, 3.05) is 6.73 Å². The van der Waals surface area contributed by atoms with Gasteiger partial charge in [0.1, 0.15) is 0 Å². The fraction of sp³-hybridized carbons (Fsp3) is 1.00. The molecule has 1 unspecified atom stereocenters. The molecule has 0 bridgehead atoms. The summed E-state index contributed by atoms with van der Waals surface area (Å²) >= 11 is 0. The van der Waals surface area contributed by atoms with Crippen molar-refractivity contribution in [1.29, 1.82) is 0 Å². The van der Waals surface area contributed by atoms with Crippen LogP contribution in [0.2, 0.25) is 0 Å². The van der Waals surface area contributed by atoms with Gasteiger partial charge in [-0.25, -0.2) is 0 Å². The molecule has 0 aromatic carbocycles. The summed E-state index contributed by atoms with van der Waals surface area (Å²) in [5.41, 5.74) is 0.168. The van der Waals surface area contributed by atoms with Crippen LogP contribution in [0.5, 0.6) is 0 Å². The average Bonchev–Trinajstić information content (AvgIpc) is 2.04. The molecule has 1 fully saturated rings. The van der Waals surface area contributed by atoms with Gasteiger partial charge in [0.05, 0.1) is 6.73 Å². The number of rotatable bonds is 3. The number of nitrogens with one attached hydrogen (secondary N) is 1. The van der Waals surface area contributed by atoms with Gasteiger partial charge in [0.15, 0.2) is 0 Å². The maximum absolute atomic E-state index is 8.97. The molecule has 0 radical (unpaired) electrons. The van der Waals surface area contributed by atoms with Gasteiger partial charge < -0.3 is 5.11 Å². The maximum Gasteiger partial charge on any atom is 0.0935 e. The van der Waals surface area contributed by atoms with Crippen molar-refractivity contribution in [2.24, 2.45) is 11.8 Å². The fourth-order valence-electron chi connectivity index (χ4n) is 2.83. The van der Waals surface area contributed by atoms with Crippen LogP contribution < -0.4 is 5.32 Å². The summed E-state index contributed by atoms with van der Waals surface area (Å²) in [6.07, 6.45) is 5.16. The molecule has 1 rings (SSSR count). The van der Waals surface area contributed by atoms with Gasteiger partial charge in [-0.05, 0) is 31.6 Å². The second kappa shape index (κ2) is 4.43. The third-order valence-electron chi connectivity index (χ3n) is 3.57. The van der Waals surface area contributed by atoms with Gasteiger partial charge in [0, 0.05) is 5.54 Å². The Morgan fingerprint density at radius 1 is 1.46 bits per heavy atom. The minimum atomic E-state index is 0.111. The maximum atomic E-state index is 8.97. The van der Waals surface area contributed by atoms with Crippen molar-refractivity contribution in [2.45, 2.75) is 52.0 Å². The smallest absolute Gasteiger partial charge is 0.0935 e. The van der Waals surface area contributed by atoms with Gasteiger partial charge in [-0.2, -0.15) is 0 Å². The van der Waals surface area contributed by atoms with Gasteiger partial charge in [0.25, 0.3) is 0 Å². The van der Waals surface area contributed by atoms with Crippen molar-refractivity contribution >= 4 is 0 Å². The van der Waals surface area contributed by atoms with Gasteiger partial charge in [-0.1, -0.05) is 26.7 Å². The lowest BCUT2D eigenvalue weighted by Crippen LogP contribution is -2.52. The molecular formula is C11H23NO. The largest absolute Gasteiger partial charge is 0.381 e. The molecule has 0 amide bonds. The first-order valence-electron chi connectivity index (χ1n) is 5.46. The van der Waals surface area contributed by atoms with Crippen molar-refractivity contribution in [3.05, 3.63) is 0 Å². The highest BCUT2D eigenvalue weighted by Gasteiger charge is 2.37. The molecule has 2 N–H and O–H groups in total. The second-order valence-corrected chi connectivity index (χ2v) is 4.85. The summed E-state index contributed by atoms with van der Waals surface area (Å²) in [7, 11) is 0. The molecule has 1 aliphatic carbocycles. The molecule has 0 aromatic rings. The third-order valence-corrected chi connectivity index (χ3v) is 3.57. The van der Waals surface area contributed by atoms with Crippen LogP contribution in [0.15, 0.2) is 0 Å². The van der Waals surface area contributed by atoms with Crippen molar-refractivity contribution in [3.63, 3.8) is 0 Å². The summed E-state index contributed by atoms with van der Waals surface area (Å²) in [4.78, 5) is 0. The summed E-state index contributed by atoms with van der Waals surface area (Å²) in [6, 6.07) is 0. The first kappa shape index (κ1) is 11.0. The summed E-state index contributed by atoms with van der Waals surface area (Å²) in [5.74, 6) is 1.43. The van der Waals surface area contributed by atoms with Crippen LogP contribution in [-0.2, 0) is 0 Å². The van der Waals surface area contributed by atoms with E-state index in [-0.39, 0.29) is 12.3 Å². The minimum Gasteiger partial charge on any atom is -0.381 e. The van der Waals surface area contributed by atoms with Gasteiger partial charge in [0.2, 0.25) is 0 Å². The predicted octanol–water partition coefficient (Wildman–Crippen LogP) is 2.13. The molecule has 2 heteroatoms. The lowest BCUT2D eigenvalue weighted by atomic mass is 9.69. The molecule has 2 nitrogen and oxygen atoms in total. The van der Waals surface area contributed by atoms with E-state index in [1.165, 1.54) is 25.7 Å². The van der Waals surface area contributed by atoms with Crippen LogP contribution in [0, 0.1) is 11.8 Å². The summed E-state index contributed by atoms with van der Waals surface area (Å²) in [6.45, 7) is 6.94. The Morgan fingerprint density at radius 2 is 2.15 bits per heavy atom. The first-order valence-corrected chi connectivity index (χ1v) is 5.46. The van der Waals surface area contributed by atoms with E-state index < -0.39 is 0 Å². The number of hydrogen-bond acceptors (Lipinski definition) is 2. The fourth-order valence-corrected chi connectivity index (χ4v) is 2.83. The van der Waals surface area contributed by atoms with E-state index in [1.807, 2.05) is 0 Å². The Bertz CT molecular complexity index is 154. The Hall–Kier alpha value is -0.0800. The third kappa shape index (κ3) is 2.44. The van der Waals surface area contributed by atoms with E-state index in [0.29, 0.717) is 11.8 Å². The Morgan fingerprint density at radius 3 is 2.69 bits per heavy atom. The molecule has 0 aromatic heterocycles. The molecule has 2 atom stereocenters. The SMILES string of the molecule is CC(C)[C@@H]1CCCCC1(C)NCO. The Balaban J connectivity index is 2.65. The van der Waals surface area contributed by atoms with Crippen LogP contribution in [0.3, 0.4) is 0 Å². The van der Waals surface area contributed by atoms with Gasteiger partial charge in [-0.3, -0.25) is 5.32 Å². The van der Waals surface area contributed by atoms with Gasteiger partial charge >= 0.3 is 0 Å². The van der Waals surface area contributed by atoms with E-state index in [2.05, 4.69) is 26.1 Å². The van der Waals surface area contributed by atoms with Crippen LogP contribution in [0.25, 0.3) is 0 Å². The molecule has 13 heavy (non-hydrogen) atoms. The Kier molecular flexibility index (Phi) is 3.74. The monoisotopic (exact) mass is 185 g/mol. The van der Waals surface area contributed by atoms with Gasteiger partial charge in [-0.15, -0.1) is 0 Å². The highest BCUT2D eigenvalue weighted by Crippen LogP contribution is 2.37. The lowest BCUT2D eigenvalue weighted by molar-refractivity contribution is 0.0849. The van der Waals surface area contributed by atoms with E-state index in [1.54, 1.807) is 0 Å². The van der Waals surface area contributed by atoms with Crippen LogP contribution >= 0.6 is 0 Å². The lowest BCUT2D eigenvalue weighted by Gasteiger charge is -2.44. The topological polar surface area (TPSA) is 32.3 Å². The number of aliphatic hydroxyl groups excluding tert-OH is 1. The highest BCUT2D eigenvalue weighted by atomic mass is 16.3. The summed E-state index contributed by atoms with van der Waals surface area (Å²) in [5, 5.41) is 12.2. The normalized spacial score (nSPS) is 35.3. The standard InChI is InChI=1S/C11H23NO/c1-9(2)10-6-4-5-7-11(10,3)12-8-13/h9-10,12-13H,4-8H2,1-3H3/t10-,11?/m0/s1. The van der Waals surface area contributed by atoms with Crippen LogP contribution in [0.4, 0.5) is 0 Å². The van der Waals surface area contributed by atoms with E-state index in [0.717, 1.165) is 0 Å². The molecular weight excluding hydrogens is 162 g/mol. The number of aliphatic hydroxyl groups is 1. The molecule has 1 saturated carbocycles. The molecule has 0 heterocycles. The quantitative estimate of drug-likeness (QED) is 0.660. The average molecular weight is 185 g/mol. The number of hydrogen-bond donors (Lipinski definition) is 2. The summed E-state index contributed by atoms with van der Waals surface area (Å²) < 4.78 is 0. The zero-order valence-corrected chi connectivity index (χ0v) is 9.14.